The molecule has 106 valence electrons. The van der Waals surface area contributed by atoms with Crippen molar-refractivity contribution < 1.29 is 11.0 Å². The van der Waals surface area contributed by atoms with Crippen LogP contribution in [0.3, 0.4) is 0 Å². The van der Waals surface area contributed by atoms with Crippen LogP contribution in [0, 0.1) is 0 Å². The van der Waals surface area contributed by atoms with Gasteiger partial charge in [0.1, 0.15) is 0 Å². The fourth-order valence-electron chi connectivity index (χ4n) is 2.27. The van der Waals surface area contributed by atoms with Crippen LogP contribution < -0.4 is 4.90 Å². The molecule has 1 heterocycles. The summed E-state index contributed by atoms with van der Waals surface area (Å²) in [6.45, 7) is 6.47. The van der Waals surface area contributed by atoms with Crippen LogP contribution in [-0.2, 0) is 10.8 Å². The Morgan fingerprint density at radius 1 is 0.895 bits per heavy atom. The van der Waals surface area contributed by atoms with E-state index in [0.29, 0.717) is 4.90 Å². The van der Waals surface area contributed by atoms with E-state index in [-0.39, 0.29) is 16.5 Å². The Bertz CT molecular complexity index is 715. The molecule has 1 aliphatic rings. The molecule has 1 aromatic rings. The first-order valence-electron chi connectivity index (χ1n) is 10.7. The van der Waals surface area contributed by atoms with Crippen LogP contribution in [0.1, 0.15) is 76.4 Å². The highest BCUT2D eigenvalue weighted by Gasteiger charge is 2.26. The van der Waals surface area contributed by atoms with Crippen LogP contribution in [0.2, 0.25) is 0 Å². The zero-order chi connectivity index (χ0) is 21.4. The van der Waals surface area contributed by atoms with Crippen molar-refractivity contribution in [3.63, 3.8) is 0 Å². The molecule has 1 fully saturated rings. The molecule has 1 aromatic carbocycles. The third kappa shape index (κ3) is 3.13. The average molecular weight is 267 g/mol. The summed E-state index contributed by atoms with van der Waals surface area (Å²) < 4.78 is 64.9. The highest BCUT2D eigenvalue weighted by atomic mass is 15.1. The van der Waals surface area contributed by atoms with Gasteiger partial charge < -0.3 is 4.90 Å². The monoisotopic (exact) mass is 267 g/mol. The summed E-state index contributed by atoms with van der Waals surface area (Å²) in [6, 6.07) is 5.04. The molecule has 19 heavy (non-hydrogen) atoms. The number of hydrogen-bond donors (Lipinski definition) is 0. The summed E-state index contributed by atoms with van der Waals surface area (Å²) in [5.74, 6) is 0. The minimum atomic E-state index is -3.03. The van der Waals surface area contributed by atoms with Gasteiger partial charge in [0.2, 0.25) is 0 Å². The minimum Gasteiger partial charge on any atom is -0.372 e. The topological polar surface area (TPSA) is 3.24 Å². The third-order valence-electron chi connectivity index (χ3n) is 3.28. The molecule has 0 unspecified atom stereocenters. The van der Waals surface area contributed by atoms with Gasteiger partial charge in [0, 0.05) is 29.6 Å². The Labute approximate surface area is 130 Å². The highest BCUT2D eigenvalue weighted by molar-refractivity contribution is 5.54. The SMILES string of the molecule is [2H]C1([2H])N(c2ccc(C(C)(C)C)c(C(C)(C)C)c2)C([2H])([2H])C([2H])([2H])C1([2H])[2H]. The number of anilines is 1. The van der Waals surface area contributed by atoms with E-state index in [9.17, 15) is 0 Å². The Kier molecular flexibility index (Phi) is 1.82. The van der Waals surface area contributed by atoms with Gasteiger partial charge in [-0.15, -0.1) is 0 Å². The summed E-state index contributed by atoms with van der Waals surface area (Å²) in [5.41, 5.74) is 1.56. The molecule has 1 aliphatic heterocycles. The molecule has 0 spiro atoms. The molecule has 2 rings (SSSR count). The quantitative estimate of drug-likeness (QED) is 0.701. The van der Waals surface area contributed by atoms with Crippen LogP contribution in [0.25, 0.3) is 0 Å². The first-order chi connectivity index (χ1) is 11.7. The predicted octanol–water partition coefficient (Wildman–Crippen LogP) is 4.88. The van der Waals surface area contributed by atoms with E-state index in [4.69, 9.17) is 11.0 Å². The van der Waals surface area contributed by atoms with Crippen molar-refractivity contribution in [3.8, 4) is 0 Å². The summed E-state index contributed by atoms with van der Waals surface area (Å²) >= 11 is 0. The number of hydrogen-bond acceptors (Lipinski definition) is 1. The standard InChI is InChI=1S/C18H29N/c1-17(2,3)15-10-9-14(19-11-7-8-12-19)13-16(15)18(4,5)6/h9-10,13H,7-8,11-12H2,1-6H3/i7D2,8D2,11D2,12D2. The molecule has 0 aliphatic carbocycles. The van der Waals surface area contributed by atoms with Crippen molar-refractivity contribution >= 4 is 5.69 Å². The molecule has 1 heteroatoms. The Morgan fingerprint density at radius 3 is 1.89 bits per heavy atom. The summed E-state index contributed by atoms with van der Waals surface area (Å²) in [6.07, 6.45) is -6.07. The van der Waals surface area contributed by atoms with E-state index in [1.54, 1.807) is 12.1 Å². The van der Waals surface area contributed by atoms with Gasteiger partial charge in [-0.05, 0) is 46.8 Å². The lowest BCUT2D eigenvalue weighted by molar-refractivity contribution is 0.530. The van der Waals surface area contributed by atoms with Gasteiger partial charge >= 0.3 is 0 Å². The molecular formula is C18H29N. The van der Waals surface area contributed by atoms with Gasteiger partial charge in [0.05, 0.1) is 0 Å². The second-order valence-corrected chi connectivity index (χ2v) is 7.04. The normalized spacial score (nSPS) is 33.9. The lowest BCUT2D eigenvalue weighted by atomic mass is 9.75. The highest BCUT2D eigenvalue weighted by Crippen LogP contribution is 2.36. The number of benzene rings is 1. The summed E-state index contributed by atoms with van der Waals surface area (Å²) in [7, 11) is 0. The van der Waals surface area contributed by atoms with E-state index >= 15 is 0 Å². The van der Waals surface area contributed by atoms with E-state index in [0.717, 1.165) is 11.1 Å². The fourth-order valence-corrected chi connectivity index (χ4v) is 2.27. The Morgan fingerprint density at radius 2 is 1.42 bits per heavy atom. The predicted molar refractivity (Wildman–Crippen MR) is 85.3 cm³/mol. The maximum Gasteiger partial charge on any atom is 0.0493 e. The lowest BCUT2D eigenvalue weighted by Crippen LogP contribution is -2.24. The van der Waals surface area contributed by atoms with Crippen LogP contribution in [0.5, 0.6) is 0 Å². The van der Waals surface area contributed by atoms with Crippen molar-refractivity contribution in [2.45, 2.75) is 65.1 Å². The van der Waals surface area contributed by atoms with E-state index in [1.165, 1.54) is 0 Å². The molecule has 0 saturated carbocycles. The molecular weight excluding hydrogens is 230 g/mol. The average Bonchev–Trinajstić information content (AvgIpc) is 2.50. The first-order valence-corrected chi connectivity index (χ1v) is 6.66. The molecule has 0 aromatic heterocycles. The van der Waals surface area contributed by atoms with Gasteiger partial charge in [-0.25, -0.2) is 0 Å². The molecule has 0 N–H and O–H groups in total. The van der Waals surface area contributed by atoms with Crippen LogP contribution in [0.4, 0.5) is 5.69 Å². The third-order valence-corrected chi connectivity index (χ3v) is 3.28. The molecule has 0 amide bonds. The molecule has 1 saturated heterocycles. The number of rotatable bonds is 1. The molecule has 0 radical (unpaired) electrons. The van der Waals surface area contributed by atoms with Crippen LogP contribution in [0.15, 0.2) is 18.2 Å². The maximum absolute atomic E-state index is 8.24. The van der Waals surface area contributed by atoms with Crippen LogP contribution in [-0.4, -0.2) is 13.0 Å². The second-order valence-electron chi connectivity index (χ2n) is 7.04. The van der Waals surface area contributed by atoms with Gasteiger partial charge in [-0.2, -0.15) is 0 Å². The van der Waals surface area contributed by atoms with Gasteiger partial charge in [0.25, 0.3) is 0 Å². The minimum absolute atomic E-state index is 0.133. The van der Waals surface area contributed by atoms with E-state index in [2.05, 4.69) is 20.8 Å². The van der Waals surface area contributed by atoms with Gasteiger partial charge in [-0.1, -0.05) is 47.6 Å². The molecule has 0 atom stereocenters. The van der Waals surface area contributed by atoms with Gasteiger partial charge in [-0.3, -0.25) is 0 Å². The summed E-state index contributed by atoms with van der Waals surface area (Å²) in [4.78, 5) is 0.627. The zero-order valence-electron chi connectivity index (χ0n) is 20.7. The fraction of sp³-hybridized carbons (Fsp3) is 0.667. The zero-order valence-corrected chi connectivity index (χ0v) is 12.7. The number of nitrogens with zero attached hydrogens (tertiary/aromatic N) is 1. The van der Waals surface area contributed by atoms with Crippen LogP contribution >= 0.6 is 0 Å². The maximum atomic E-state index is 8.24. The van der Waals surface area contributed by atoms with Crippen molar-refractivity contribution in [2.24, 2.45) is 0 Å². The van der Waals surface area contributed by atoms with E-state index < -0.39 is 25.7 Å². The van der Waals surface area contributed by atoms with E-state index in [1.807, 2.05) is 26.8 Å². The van der Waals surface area contributed by atoms with Gasteiger partial charge in [0.15, 0.2) is 0 Å². The van der Waals surface area contributed by atoms with Crippen molar-refractivity contribution in [2.75, 3.05) is 17.9 Å². The van der Waals surface area contributed by atoms with Crippen molar-refractivity contribution in [3.05, 3.63) is 29.3 Å². The smallest absolute Gasteiger partial charge is 0.0493 e. The van der Waals surface area contributed by atoms with Crippen molar-refractivity contribution in [1.29, 1.82) is 0 Å². The lowest BCUT2D eigenvalue weighted by Gasteiger charge is -2.32. The Balaban J connectivity index is 2.79. The molecule has 1 nitrogen and oxygen atoms in total. The largest absolute Gasteiger partial charge is 0.372 e. The first kappa shape index (κ1) is 7.15. The Hall–Kier alpha value is -0.980. The molecule has 0 bridgehead atoms. The van der Waals surface area contributed by atoms with Crippen molar-refractivity contribution in [1.82, 2.24) is 0 Å². The summed E-state index contributed by atoms with van der Waals surface area (Å²) in [5, 5.41) is 0. The second kappa shape index (κ2) is 4.85.